The van der Waals surface area contributed by atoms with Crippen molar-refractivity contribution < 1.29 is 23.8 Å². The molecule has 110 valence electrons. The van der Waals surface area contributed by atoms with Gasteiger partial charge in [0.15, 0.2) is 11.6 Å². The molecule has 1 rings (SSSR count). The molecule has 0 radical (unpaired) electrons. The first-order chi connectivity index (χ1) is 9.49. The molecule has 0 aromatic heterocycles. The lowest BCUT2D eigenvalue weighted by Crippen LogP contribution is -2.41. The van der Waals surface area contributed by atoms with Crippen molar-refractivity contribution in [2.45, 2.75) is 12.5 Å². The fraction of sp³-hybridized carbons (Fsp3) is 0.385. The number of nitrogens with one attached hydrogen (secondary N) is 1. The fourth-order valence-electron chi connectivity index (χ4n) is 1.54. The van der Waals surface area contributed by atoms with E-state index in [9.17, 15) is 14.0 Å². The molecule has 5 nitrogen and oxygen atoms in total. The maximum atomic E-state index is 13.5. The van der Waals surface area contributed by atoms with Crippen molar-refractivity contribution in [2.75, 3.05) is 19.1 Å². The highest BCUT2D eigenvalue weighted by atomic mass is 32.2. The molecule has 0 saturated carbocycles. The largest absolute Gasteiger partial charge is 0.494 e. The minimum atomic E-state index is -1.11. The van der Waals surface area contributed by atoms with Gasteiger partial charge in [-0.2, -0.15) is 11.8 Å². The molecular formula is C13H16FNO4S. The number of carboxylic acids is 1. The summed E-state index contributed by atoms with van der Waals surface area (Å²) in [6, 6.07) is 2.73. The average molecular weight is 301 g/mol. The lowest BCUT2D eigenvalue weighted by atomic mass is 10.1. The van der Waals surface area contributed by atoms with Gasteiger partial charge in [0.2, 0.25) is 0 Å². The van der Waals surface area contributed by atoms with Crippen LogP contribution in [0.5, 0.6) is 5.75 Å². The Balaban J connectivity index is 2.78. The summed E-state index contributed by atoms with van der Waals surface area (Å²) in [6.45, 7) is 0. The molecule has 0 spiro atoms. The van der Waals surface area contributed by atoms with Gasteiger partial charge < -0.3 is 15.2 Å². The van der Waals surface area contributed by atoms with E-state index in [4.69, 9.17) is 9.84 Å². The van der Waals surface area contributed by atoms with Crippen LogP contribution in [-0.2, 0) is 4.79 Å². The van der Waals surface area contributed by atoms with Crippen LogP contribution in [0.15, 0.2) is 18.2 Å². The van der Waals surface area contributed by atoms with Crippen LogP contribution >= 0.6 is 11.8 Å². The Hall–Kier alpha value is -1.76. The maximum Gasteiger partial charge on any atom is 0.326 e. The summed E-state index contributed by atoms with van der Waals surface area (Å²) >= 11 is 1.49. The van der Waals surface area contributed by atoms with E-state index >= 15 is 0 Å². The van der Waals surface area contributed by atoms with E-state index < -0.39 is 23.7 Å². The van der Waals surface area contributed by atoms with Crippen molar-refractivity contribution in [2.24, 2.45) is 0 Å². The first-order valence-corrected chi connectivity index (χ1v) is 7.25. The average Bonchev–Trinajstić information content (AvgIpc) is 2.42. The first-order valence-electron chi connectivity index (χ1n) is 5.85. The second kappa shape index (κ2) is 7.74. The molecule has 0 saturated heterocycles. The minimum absolute atomic E-state index is 0.0266. The molecule has 0 aliphatic rings. The highest BCUT2D eigenvalue weighted by Gasteiger charge is 2.20. The number of carbonyl (C=O) groups excluding carboxylic acids is 1. The smallest absolute Gasteiger partial charge is 0.326 e. The predicted molar refractivity (Wildman–Crippen MR) is 74.8 cm³/mol. The summed E-state index contributed by atoms with van der Waals surface area (Å²) in [5.41, 5.74) is 0.0544. The SMILES string of the molecule is COc1ccc(C(=O)N[C@@H](CCSC)C(=O)O)cc1F. The van der Waals surface area contributed by atoms with Crippen LogP contribution in [0.25, 0.3) is 0 Å². The van der Waals surface area contributed by atoms with Crippen LogP contribution in [0.1, 0.15) is 16.8 Å². The van der Waals surface area contributed by atoms with Gasteiger partial charge in [-0.25, -0.2) is 9.18 Å². The lowest BCUT2D eigenvalue weighted by molar-refractivity contribution is -0.139. The number of rotatable bonds is 7. The Labute approximate surface area is 120 Å². The number of carboxylic acid groups (broad SMARTS) is 1. The van der Waals surface area contributed by atoms with E-state index in [1.165, 1.54) is 31.0 Å². The van der Waals surface area contributed by atoms with Crippen LogP contribution in [0, 0.1) is 5.82 Å². The molecule has 1 amide bonds. The number of halogens is 1. The molecule has 0 fully saturated rings. The minimum Gasteiger partial charge on any atom is -0.494 e. The summed E-state index contributed by atoms with van der Waals surface area (Å²) in [7, 11) is 1.32. The third-order valence-electron chi connectivity index (χ3n) is 2.63. The summed E-state index contributed by atoms with van der Waals surface area (Å²) in [5.74, 6) is -1.77. The molecule has 1 atom stereocenters. The van der Waals surface area contributed by atoms with Gasteiger partial charge in [0.25, 0.3) is 5.91 Å². The van der Waals surface area contributed by atoms with Crippen LogP contribution in [0.2, 0.25) is 0 Å². The number of thioether (sulfide) groups is 1. The fourth-order valence-corrected chi connectivity index (χ4v) is 2.01. The Morgan fingerprint density at radius 2 is 2.20 bits per heavy atom. The Morgan fingerprint density at radius 1 is 1.50 bits per heavy atom. The van der Waals surface area contributed by atoms with Crippen molar-refractivity contribution in [3.63, 3.8) is 0 Å². The van der Waals surface area contributed by atoms with Crippen LogP contribution in [-0.4, -0.2) is 42.1 Å². The Bertz CT molecular complexity index is 495. The molecular weight excluding hydrogens is 285 g/mol. The van der Waals surface area contributed by atoms with E-state index in [1.54, 1.807) is 0 Å². The molecule has 7 heteroatoms. The molecule has 0 unspecified atom stereocenters. The van der Waals surface area contributed by atoms with Crippen molar-refractivity contribution in [3.8, 4) is 5.75 Å². The second-order valence-electron chi connectivity index (χ2n) is 4.00. The monoisotopic (exact) mass is 301 g/mol. The van der Waals surface area contributed by atoms with Gasteiger partial charge in [-0.1, -0.05) is 0 Å². The number of hydrogen-bond acceptors (Lipinski definition) is 4. The molecule has 20 heavy (non-hydrogen) atoms. The van der Waals surface area contributed by atoms with Gasteiger partial charge in [0, 0.05) is 5.56 Å². The van der Waals surface area contributed by atoms with Crippen molar-refractivity contribution in [1.29, 1.82) is 0 Å². The quantitative estimate of drug-likeness (QED) is 0.803. The van der Waals surface area contributed by atoms with Crippen LogP contribution in [0.4, 0.5) is 4.39 Å². The zero-order chi connectivity index (χ0) is 15.1. The second-order valence-corrected chi connectivity index (χ2v) is 4.98. The van der Waals surface area contributed by atoms with Gasteiger partial charge in [-0.3, -0.25) is 4.79 Å². The summed E-state index contributed by atoms with van der Waals surface area (Å²) in [6.07, 6.45) is 2.15. The third kappa shape index (κ3) is 4.41. The third-order valence-corrected chi connectivity index (χ3v) is 3.27. The maximum absolute atomic E-state index is 13.5. The van der Waals surface area contributed by atoms with Crippen molar-refractivity contribution in [3.05, 3.63) is 29.6 Å². The first kappa shape index (κ1) is 16.3. The molecule has 0 bridgehead atoms. The summed E-state index contributed by atoms with van der Waals surface area (Å²) in [4.78, 5) is 22.9. The number of carbonyl (C=O) groups is 2. The van der Waals surface area contributed by atoms with Gasteiger partial charge in [-0.05, 0) is 36.6 Å². The topological polar surface area (TPSA) is 75.6 Å². The van der Waals surface area contributed by atoms with Crippen LogP contribution in [0.3, 0.4) is 0 Å². The van der Waals surface area contributed by atoms with Crippen molar-refractivity contribution >= 4 is 23.6 Å². The number of methoxy groups -OCH3 is 1. The standard InChI is InChI=1S/C13H16FNO4S/c1-19-11-4-3-8(7-9(11)14)12(16)15-10(13(17)18)5-6-20-2/h3-4,7,10H,5-6H2,1-2H3,(H,15,16)(H,17,18)/t10-/m0/s1. The number of ether oxygens (including phenoxy) is 1. The Kier molecular flexibility index (Phi) is 6.30. The van der Waals surface area contributed by atoms with Gasteiger partial charge in [0.1, 0.15) is 6.04 Å². The highest BCUT2D eigenvalue weighted by molar-refractivity contribution is 7.98. The molecule has 2 N–H and O–H groups in total. The normalized spacial score (nSPS) is 11.8. The summed E-state index contributed by atoms with van der Waals surface area (Å²) in [5, 5.41) is 11.4. The number of amides is 1. The van der Waals surface area contributed by atoms with Crippen LogP contribution < -0.4 is 10.1 Å². The number of hydrogen-bond donors (Lipinski definition) is 2. The molecule has 1 aromatic rings. The van der Waals surface area contributed by atoms with Crippen molar-refractivity contribution in [1.82, 2.24) is 5.32 Å². The predicted octanol–water partition coefficient (Wildman–Crippen LogP) is 1.77. The molecule has 1 aromatic carbocycles. The van der Waals surface area contributed by atoms with E-state index in [-0.39, 0.29) is 11.3 Å². The molecule has 0 aliphatic heterocycles. The van der Waals surface area contributed by atoms with E-state index in [0.29, 0.717) is 12.2 Å². The summed E-state index contributed by atoms with van der Waals surface area (Å²) < 4.78 is 18.2. The zero-order valence-electron chi connectivity index (χ0n) is 11.2. The van der Waals surface area contributed by atoms with E-state index in [0.717, 1.165) is 6.07 Å². The van der Waals surface area contributed by atoms with E-state index in [2.05, 4.69) is 5.32 Å². The highest BCUT2D eigenvalue weighted by Crippen LogP contribution is 2.17. The van der Waals surface area contributed by atoms with Gasteiger partial charge >= 0.3 is 5.97 Å². The van der Waals surface area contributed by atoms with E-state index in [1.807, 2.05) is 6.26 Å². The Morgan fingerprint density at radius 3 is 2.70 bits per heavy atom. The van der Waals surface area contributed by atoms with Gasteiger partial charge in [0.05, 0.1) is 7.11 Å². The molecule has 0 heterocycles. The van der Waals surface area contributed by atoms with Gasteiger partial charge in [-0.15, -0.1) is 0 Å². The number of benzene rings is 1. The zero-order valence-corrected chi connectivity index (χ0v) is 12.0. The molecule has 0 aliphatic carbocycles. The number of aliphatic carboxylic acids is 1. The lowest BCUT2D eigenvalue weighted by Gasteiger charge is -2.14.